The summed E-state index contributed by atoms with van der Waals surface area (Å²) >= 11 is 0. The van der Waals surface area contributed by atoms with E-state index < -0.39 is 17.5 Å². The zero-order valence-electron chi connectivity index (χ0n) is 10.5. The maximum atomic E-state index is 11.8. The molecule has 0 unspecified atom stereocenters. The highest BCUT2D eigenvalue weighted by atomic mass is 16.5. The lowest BCUT2D eigenvalue weighted by Gasteiger charge is -2.04. The molecule has 102 valence electrons. The minimum atomic E-state index is -1.29. The van der Waals surface area contributed by atoms with Gasteiger partial charge in [-0.05, 0) is 25.1 Å². The van der Waals surface area contributed by atoms with E-state index in [2.05, 4.69) is 15.1 Å². The number of carboxylic acids is 1. The number of hydrogen-bond acceptors (Lipinski definition) is 5. The van der Waals surface area contributed by atoms with Crippen LogP contribution in [0.2, 0.25) is 0 Å². The smallest absolute Gasteiger partial charge is 0.375 e. The Morgan fingerprint density at radius 3 is 3.00 bits per heavy atom. The first kappa shape index (κ1) is 12.2. The number of benzene rings is 1. The van der Waals surface area contributed by atoms with Crippen LogP contribution in [0.4, 0.5) is 0 Å². The summed E-state index contributed by atoms with van der Waals surface area (Å²) in [6.45, 7) is 2.35. The molecule has 20 heavy (non-hydrogen) atoms. The Labute approximate surface area is 111 Å². The first-order valence-corrected chi connectivity index (χ1v) is 5.89. The molecule has 2 N–H and O–H groups in total. The quantitative estimate of drug-likeness (QED) is 0.726. The lowest BCUT2D eigenvalue weighted by atomic mass is 10.2. The first-order chi connectivity index (χ1) is 9.60. The van der Waals surface area contributed by atoms with Crippen molar-refractivity contribution >= 4 is 22.5 Å². The molecule has 0 saturated heterocycles. The largest absolute Gasteiger partial charge is 0.494 e. The summed E-state index contributed by atoms with van der Waals surface area (Å²) in [5.74, 6) is -1.11. The van der Waals surface area contributed by atoms with Gasteiger partial charge in [0.2, 0.25) is 0 Å². The number of aromatic amines is 1. The van der Waals surface area contributed by atoms with Gasteiger partial charge >= 0.3 is 11.7 Å². The number of rotatable bonds is 3. The summed E-state index contributed by atoms with van der Waals surface area (Å²) in [5, 5.41) is 13.1. The van der Waals surface area contributed by atoms with Gasteiger partial charge < -0.3 is 14.8 Å². The van der Waals surface area contributed by atoms with Crippen LogP contribution in [-0.4, -0.2) is 37.3 Å². The third kappa shape index (κ3) is 1.78. The van der Waals surface area contributed by atoms with Crippen LogP contribution in [0.5, 0.6) is 5.75 Å². The Morgan fingerprint density at radius 1 is 1.50 bits per heavy atom. The average Bonchev–Trinajstić information content (AvgIpc) is 2.86. The van der Waals surface area contributed by atoms with E-state index >= 15 is 0 Å². The summed E-state index contributed by atoms with van der Waals surface area (Å²) in [7, 11) is 0. The van der Waals surface area contributed by atoms with E-state index in [0.717, 1.165) is 4.52 Å². The Hall–Kier alpha value is -2.90. The van der Waals surface area contributed by atoms with E-state index in [-0.39, 0.29) is 5.65 Å². The molecule has 0 amide bonds. The van der Waals surface area contributed by atoms with Crippen LogP contribution in [0.15, 0.2) is 23.0 Å². The Kier molecular flexibility index (Phi) is 2.63. The van der Waals surface area contributed by atoms with Crippen molar-refractivity contribution in [3.63, 3.8) is 0 Å². The molecule has 0 fully saturated rings. The van der Waals surface area contributed by atoms with Gasteiger partial charge in [-0.1, -0.05) is 0 Å². The fraction of sp³-hybridized carbons (Fsp3) is 0.167. The van der Waals surface area contributed by atoms with Gasteiger partial charge in [-0.15, -0.1) is 5.10 Å². The fourth-order valence-electron chi connectivity index (χ4n) is 1.96. The van der Waals surface area contributed by atoms with E-state index in [1.165, 1.54) is 0 Å². The van der Waals surface area contributed by atoms with Crippen LogP contribution >= 0.6 is 0 Å². The molecule has 3 rings (SSSR count). The molecule has 8 nitrogen and oxygen atoms in total. The molecule has 8 heteroatoms. The van der Waals surface area contributed by atoms with Crippen molar-refractivity contribution in [2.24, 2.45) is 0 Å². The van der Waals surface area contributed by atoms with Crippen LogP contribution in [0.3, 0.4) is 0 Å². The van der Waals surface area contributed by atoms with Crippen LogP contribution in [0, 0.1) is 0 Å². The number of carbonyl (C=O) groups is 1. The zero-order chi connectivity index (χ0) is 14.3. The Bertz CT molecular complexity index is 880. The molecule has 0 spiro atoms. The van der Waals surface area contributed by atoms with Crippen LogP contribution in [0.25, 0.3) is 16.6 Å². The van der Waals surface area contributed by atoms with Crippen molar-refractivity contribution in [2.45, 2.75) is 6.92 Å². The summed E-state index contributed by atoms with van der Waals surface area (Å²) in [4.78, 5) is 29.2. The predicted molar refractivity (Wildman–Crippen MR) is 69.2 cm³/mol. The van der Waals surface area contributed by atoms with Crippen LogP contribution in [0.1, 0.15) is 17.5 Å². The van der Waals surface area contributed by atoms with Gasteiger partial charge in [0.25, 0.3) is 5.82 Å². The zero-order valence-corrected chi connectivity index (χ0v) is 10.5. The topological polar surface area (TPSA) is 110 Å². The number of H-pyrrole nitrogens is 1. The Balaban J connectivity index is 2.39. The molecule has 0 saturated carbocycles. The SMILES string of the molecule is CCOc1ccc2[nH]c(=O)n3nc(C(=O)O)nc3c2c1. The molecule has 2 aromatic heterocycles. The number of hydrogen-bond donors (Lipinski definition) is 2. The molecule has 2 heterocycles. The monoisotopic (exact) mass is 274 g/mol. The molecule has 0 atom stereocenters. The molecule has 1 aromatic carbocycles. The normalized spacial score (nSPS) is 11.1. The second-order valence-electron chi connectivity index (χ2n) is 4.05. The standard InChI is InChI=1S/C12H10N4O4/c1-2-20-6-3-4-8-7(5-6)10-14-9(11(17)18)15-16(10)12(19)13-8/h3-5H,2H2,1H3,(H,13,19)(H,17,18). The maximum Gasteiger partial charge on any atom is 0.375 e. The summed E-state index contributed by atoms with van der Waals surface area (Å²) in [6.07, 6.45) is 0. The number of ether oxygens (including phenoxy) is 1. The van der Waals surface area contributed by atoms with Crippen molar-refractivity contribution < 1.29 is 14.6 Å². The number of nitrogens with zero attached hydrogens (tertiary/aromatic N) is 3. The van der Waals surface area contributed by atoms with Crippen molar-refractivity contribution in [2.75, 3.05) is 6.61 Å². The van der Waals surface area contributed by atoms with Gasteiger partial charge in [-0.2, -0.15) is 4.52 Å². The van der Waals surface area contributed by atoms with E-state index in [1.54, 1.807) is 18.2 Å². The van der Waals surface area contributed by atoms with Gasteiger partial charge in [-0.25, -0.2) is 14.6 Å². The average molecular weight is 274 g/mol. The number of nitrogens with one attached hydrogen (secondary N) is 1. The summed E-state index contributed by atoms with van der Waals surface area (Å²) in [6, 6.07) is 5.08. The number of fused-ring (bicyclic) bond motifs is 3. The van der Waals surface area contributed by atoms with Crippen molar-refractivity contribution in [1.82, 2.24) is 19.6 Å². The highest BCUT2D eigenvalue weighted by molar-refractivity contribution is 5.93. The van der Waals surface area contributed by atoms with E-state index in [1.807, 2.05) is 6.92 Å². The molecule has 0 radical (unpaired) electrons. The number of aromatic carboxylic acids is 1. The molecule has 3 aromatic rings. The number of aromatic nitrogens is 4. The molecule has 0 aliphatic heterocycles. The highest BCUT2D eigenvalue weighted by Gasteiger charge is 2.15. The molecule has 0 aliphatic carbocycles. The highest BCUT2D eigenvalue weighted by Crippen LogP contribution is 2.21. The third-order valence-electron chi connectivity index (χ3n) is 2.78. The Morgan fingerprint density at radius 2 is 2.30 bits per heavy atom. The molecule has 0 bridgehead atoms. The molecule has 0 aliphatic rings. The van der Waals surface area contributed by atoms with Gasteiger partial charge in [0.15, 0.2) is 5.65 Å². The lowest BCUT2D eigenvalue weighted by molar-refractivity contribution is 0.0684. The minimum absolute atomic E-state index is 0.183. The van der Waals surface area contributed by atoms with Crippen molar-refractivity contribution in [1.29, 1.82) is 0 Å². The molecular formula is C12H10N4O4. The van der Waals surface area contributed by atoms with Gasteiger partial charge in [-0.3, -0.25) is 0 Å². The van der Waals surface area contributed by atoms with Gasteiger partial charge in [0.05, 0.1) is 12.1 Å². The summed E-state index contributed by atoms with van der Waals surface area (Å²) in [5.41, 5.74) is 0.176. The second-order valence-corrected chi connectivity index (χ2v) is 4.05. The van der Waals surface area contributed by atoms with E-state index in [0.29, 0.717) is 23.3 Å². The van der Waals surface area contributed by atoms with Crippen molar-refractivity contribution in [3.05, 3.63) is 34.5 Å². The second kappa shape index (κ2) is 4.34. The fourth-order valence-corrected chi connectivity index (χ4v) is 1.96. The molecular weight excluding hydrogens is 264 g/mol. The van der Waals surface area contributed by atoms with E-state index in [4.69, 9.17) is 9.84 Å². The predicted octanol–water partition coefficient (Wildman–Crippen LogP) is 0.668. The van der Waals surface area contributed by atoms with Crippen LogP contribution in [-0.2, 0) is 0 Å². The van der Waals surface area contributed by atoms with Crippen molar-refractivity contribution in [3.8, 4) is 5.75 Å². The third-order valence-corrected chi connectivity index (χ3v) is 2.78. The lowest BCUT2D eigenvalue weighted by Crippen LogP contribution is -2.17. The first-order valence-electron chi connectivity index (χ1n) is 5.89. The van der Waals surface area contributed by atoms with Gasteiger partial charge in [0.1, 0.15) is 5.75 Å². The summed E-state index contributed by atoms with van der Waals surface area (Å²) < 4.78 is 6.31. The van der Waals surface area contributed by atoms with Gasteiger partial charge in [0, 0.05) is 5.39 Å². The maximum absolute atomic E-state index is 11.8. The van der Waals surface area contributed by atoms with E-state index in [9.17, 15) is 9.59 Å². The van der Waals surface area contributed by atoms with Crippen LogP contribution < -0.4 is 10.4 Å². The minimum Gasteiger partial charge on any atom is -0.494 e. The number of carboxylic acid groups (broad SMARTS) is 1.